The molecule has 6 heteroatoms. The molecule has 27 heavy (non-hydrogen) atoms. The molecule has 0 atom stereocenters. The van der Waals surface area contributed by atoms with Crippen LogP contribution in [0.1, 0.15) is 21.7 Å². The van der Waals surface area contributed by atoms with Gasteiger partial charge in [-0.2, -0.15) is 0 Å². The van der Waals surface area contributed by atoms with Crippen LogP contribution in [0.4, 0.5) is 0 Å². The molecular weight excluding hydrogens is 406 g/mol. The lowest BCUT2D eigenvalue weighted by Gasteiger charge is -2.34. The highest BCUT2D eigenvalue weighted by atomic mass is 79.9. The molecule has 0 aliphatic carbocycles. The minimum absolute atomic E-state index is 0.00592. The number of benzene rings is 1. The van der Waals surface area contributed by atoms with E-state index in [1.807, 2.05) is 42.4 Å². The normalized spacial score (nSPS) is 15.4. The first kappa shape index (κ1) is 18.2. The SMILES string of the molecule is Cc1c(C(=O)N2CCN(CCc3ccncc3)CC2)oc2cc(Br)ccc12. The van der Waals surface area contributed by atoms with Crippen LogP contribution in [-0.4, -0.2) is 53.4 Å². The van der Waals surface area contributed by atoms with Crippen molar-refractivity contribution >= 4 is 32.8 Å². The number of amides is 1. The van der Waals surface area contributed by atoms with Gasteiger partial charge < -0.3 is 9.32 Å². The molecular formula is C21H22BrN3O2. The average Bonchev–Trinajstić information content (AvgIpc) is 3.02. The van der Waals surface area contributed by atoms with Crippen molar-refractivity contribution < 1.29 is 9.21 Å². The highest BCUT2D eigenvalue weighted by molar-refractivity contribution is 9.10. The maximum atomic E-state index is 13.0. The number of rotatable bonds is 4. The molecule has 1 amide bonds. The zero-order valence-electron chi connectivity index (χ0n) is 15.3. The van der Waals surface area contributed by atoms with Gasteiger partial charge in [0, 0.05) is 60.5 Å². The summed E-state index contributed by atoms with van der Waals surface area (Å²) in [5, 5.41) is 0.998. The number of furan rings is 1. The van der Waals surface area contributed by atoms with Gasteiger partial charge in [-0.25, -0.2) is 0 Å². The van der Waals surface area contributed by atoms with E-state index in [1.165, 1.54) is 5.56 Å². The Bertz CT molecular complexity index is 947. The molecule has 0 spiro atoms. The van der Waals surface area contributed by atoms with Crippen LogP contribution in [0, 0.1) is 6.92 Å². The van der Waals surface area contributed by atoms with E-state index in [4.69, 9.17) is 4.42 Å². The lowest BCUT2D eigenvalue weighted by atomic mass is 10.1. The van der Waals surface area contributed by atoms with E-state index in [0.29, 0.717) is 5.76 Å². The molecule has 0 bridgehead atoms. The molecule has 1 aliphatic heterocycles. The Balaban J connectivity index is 1.38. The van der Waals surface area contributed by atoms with E-state index >= 15 is 0 Å². The van der Waals surface area contributed by atoms with Crippen LogP contribution in [0.2, 0.25) is 0 Å². The molecule has 3 aromatic rings. The molecule has 2 aromatic heterocycles. The number of aromatic nitrogens is 1. The van der Waals surface area contributed by atoms with Gasteiger partial charge in [0.05, 0.1) is 0 Å². The van der Waals surface area contributed by atoms with Crippen LogP contribution in [-0.2, 0) is 6.42 Å². The fraction of sp³-hybridized carbons (Fsp3) is 0.333. The minimum atomic E-state index is -0.00592. The third-order valence-corrected chi connectivity index (χ3v) is 5.71. The van der Waals surface area contributed by atoms with Gasteiger partial charge >= 0.3 is 0 Å². The predicted octanol–water partition coefficient (Wildman–Crippen LogP) is 3.90. The number of carbonyl (C=O) groups is 1. The average molecular weight is 428 g/mol. The van der Waals surface area contributed by atoms with E-state index in [2.05, 4.69) is 37.9 Å². The molecule has 0 saturated carbocycles. The second-order valence-electron chi connectivity index (χ2n) is 6.94. The molecule has 1 aromatic carbocycles. The summed E-state index contributed by atoms with van der Waals surface area (Å²) in [5.41, 5.74) is 2.97. The Hall–Kier alpha value is -2.18. The Morgan fingerprint density at radius 1 is 1.15 bits per heavy atom. The fourth-order valence-corrected chi connectivity index (χ4v) is 3.90. The first-order valence-electron chi connectivity index (χ1n) is 9.21. The van der Waals surface area contributed by atoms with E-state index in [1.54, 1.807) is 0 Å². The van der Waals surface area contributed by atoms with E-state index in [-0.39, 0.29) is 5.91 Å². The summed E-state index contributed by atoms with van der Waals surface area (Å²) in [7, 11) is 0. The summed E-state index contributed by atoms with van der Waals surface area (Å²) in [5.74, 6) is 0.460. The second kappa shape index (κ2) is 7.82. The standard InChI is InChI=1S/C21H22BrN3O2/c1-15-18-3-2-17(22)14-19(18)27-20(15)21(26)25-12-10-24(11-13-25)9-6-16-4-7-23-8-5-16/h2-5,7-8,14H,6,9-13H2,1H3. The van der Waals surface area contributed by atoms with Crippen molar-refractivity contribution in [3.63, 3.8) is 0 Å². The van der Waals surface area contributed by atoms with Crippen LogP contribution >= 0.6 is 15.9 Å². The van der Waals surface area contributed by atoms with Crippen LogP contribution in [0.25, 0.3) is 11.0 Å². The quantitative estimate of drug-likeness (QED) is 0.633. The largest absolute Gasteiger partial charge is 0.451 e. The molecule has 0 unspecified atom stereocenters. The third kappa shape index (κ3) is 3.92. The Morgan fingerprint density at radius 2 is 1.89 bits per heavy atom. The second-order valence-corrected chi connectivity index (χ2v) is 7.85. The zero-order valence-corrected chi connectivity index (χ0v) is 16.9. The smallest absolute Gasteiger partial charge is 0.289 e. The zero-order chi connectivity index (χ0) is 18.8. The number of hydrogen-bond donors (Lipinski definition) is 0. The molecule has 1 fully saturated rings. The van der Waals surface area contributed by atoms with Gasteiger partial charge in [0.15, 0.2) is 5.76 Å². The summed E-state index contributed by atoms with van der Waals surface area (Å²) in [6.45, 7) is 6.20. The van der Waals surface area contributed by atoms with E-state index < -0.39 is 0 Å². The number of nitrogens with zero attached hydrogens (tertiary/aromatic N) is 3. The van der Waals surface area contributed by atoms with E-state index in [9.17, 15) is 4.79 Å². The summed E-state index contributed by atoms with van der Waals surface area (Å²) >= 11 is 3.45. The Morgan fingerprint density at radius 3 is 2.63 bits per heavy atom. The molecule has 1 aliphatic rings. The Kier molecular flexibility index (Phi) is 5.27. The predicted molar refractivity (Wildman–Crippen MR) is 109 cm³/mol. The molecule has 4 rings (SSSR count). The van der Waals surface area contributed by atoms with Crippen LogP contribution in [0.3, 0.4) is 0 Å². The van der Waals surface area contributed by atoms with Crippen molar-refractivity contribution in [1.82, 2.24) is 14.8 Å². The first-order chi connectivity index (χ1) is 13.1. The summed E-state index contributed by atoms with van der Waals surface area (Å²) in [4.78, 5) is 21.3. The van der Waals surface area contributed by atoms with Crippen molar-refractivity contribution in [3.05, 3.63) is 64.1 Å². The highest BCUT2D eigenvalue weighted by Crippen LogP contribution is 2.29. The number of fused-ring (bicyclic) bond motifs is 1. The topological polar surface area (TPSA) is 49.6 Å². The van der Waals surface area contributed by atoms with Crippen molar-refractivity contribution in [2.45, 2.75) is 13.3 Å². The molecule has 0 radical (unpaired) electrons. The fourth-order valence-electron chi connectivity index (χ4n) is 3.56. The van der Waals surface area contributed by atoms with Gasteiger partial charge in [0.1, 0.15) is 5.58 Å². The molecule has 0 N–H and O–H groups in total. The summed E-state index contributed by atoms with van der Waals surface area (Å²) in [6, 6.07) is 9.99. The van der Waals surface area contributed by atoms with Crippen LogP contribution in [0.15, 0.2) is 51.6 Å². The van der Waals surface area contributed by atoms with Gasteiger partial charge in [0.25, 0.3) is 5.91 Å². The molecule has 140 valence electrons. The number of hydrogen-bond acceptors (Lipinski definition) is 4. The van der Waals surface area contributed by atoms with Gasteiger partial charge in [-0.15, -0.1) is 0 Å². The van der Waals surface area contributed by atoms with Gasteiger partial charge in [0.2, 0.25) is 0 Å². The van der Waals surface area contributed by atoms with Gasteiger partial charge in [-0.3, -0.25) is 14.7 Å². The molecule has 5 nitrogen and oxygen atoms in total. The number of halogens is 1. The van der Waals surface area contributed by atoms with Crippen molar-refractivity contribution in [2.75, 3.05) is 32.7 Å². The number of piperazine rings is 1. The first-order valence-corrected chi connectivity index (χ1v) is 10.0. The highest BCUT2D eigenvalue weighted by Gasteiger charge is 2.26. The third-order valence-electron chi connectivity index (χ3n) is 5.22. The van der Waals surface area contributed by atoms with Crippen molar-refractivity contribution in [3.8, 4) is 0 Å². The maximum Gasteiger partial charge on any atom is 0.289 e. The van der Waals surface area contributed by atoms with Crippen LogP contribution < -0.4 is 0 Å². The van der Waals surface area contributed by atoms with Crippen molar-refractivity contribution in [2.24, 2.45) is 0 Å². The Labute approximate surface area is 167 Å². The van der Waals surface area contributed by atoms with E-state index in [0.717, 1.165) is 60.2 Å². The molecule has 1 saturated heterocycles. The van der Waals surface area contributed by atoms with Crippen molar-refractivity contribution in [1.29, 1.82) is 0 Å². The van der Waals surface area contributed by atoms with Crippen LogP contribution in [0.5, 0.6) is 0 Å². The van der Waals surface area contributed by atoms with Gasteiger partial charge in [-0.1, -0.05) is 15.9 Å². The maximum absolute atomic E-state index is 13.0. The monoisotopic (exact) mass is 427 g/mol. The lowest BCUT2D eigenvalue weighted by Crippen LogP contribution is -2.49. The number of carbonyl (C=O) groups excluding carboxylic acids is 1. The molecule has 3 heterocycles. The summed E-state index contributed by atoms with van der Waals surface area (Å²) in [6.07, 6.45) is 4.67. The minimum Gasteiger partial charge on any atom is -0.451 e. The van der Waals surface area contributed by atoms with Gasteiger partial charge in [-0.05, 0) is 49.2 Å². The summed E-state index contributed by atoms with van der Waals surface area (Å²) < 4.78 is 6.84. The number of pyridine rings is 1. The lowest BCUT2D eigenvalue weighted by molar-refractivity contribution is 0.0609. The number of aryl methyl sites for hydroxylation is 1.